The highest BCUT2D eigenvalue weighted by Crippen LogP contribution is 2.18. The minimum absolute atomic E-state index is 0.809. The first-order valence-electron chi connectivity index (χ1n) is 5.57. The molecule has 1 N–H and O–H groups in total. The van der Waals surface area contributed by atoms with Gasteiger partial charge in [-0.1, -0.05) is 28.1 Å². The molecule has 0 spiro atoms. The van der Waals surface area contributed by atoms with E-state index in [2.05, 4.69) is 51.4 Å². The summed E-state index contributed by atoms with van der Waals surface area (Å²) in [6, 6.07) is 10.5. The molecule has 1 aromatic heterocycles. The molecule has 0 aliphatic rings. The number of halogens is 1. The van der Waals surface area contributed by atoms with Gasteiger partial charge in [-0.3, -0.25) is 4.98 Å². The molecule has 2 aromatic rings. The smallest absolute Gasteiger partial charge is 0.0529 e. The molecule has 3 heteroatoms. The fourth-order valence-electron chi connectivity index (χ4n) is 1.52. The largest absolute Gasteiger partial charge is 0.380 e. The number of pyridine rings is 1. The molecule has 0 aliphatic heterocycles. The van der Waals surface area contributed by atoms with Gasteiger partial charge in [-0.2, -0.15) is 0 Å². The lowest BCUT2D eigenvalue weighted by Gasteiger charge is -2.07. The summed E-state index contributed by atoms with van der Waals surface area (Å²) in [5, 5.41) is 3.35. The molecule has 17 heavy (non-hydrogen) atoms. The van der Waals surface area contributed by atoms with Crippen LogP contribution in [0, 0.1) is 13.8 Å². The fraction of sp³-hybridized carbons (Fsp3) is 0.214. The third kappa shape index (κ3) is 3.30. The Balaban J connectivity index is 2.02. The van der Waals surface area contributed by atoms with Gasteiger partial charge >= 0.3 is 0 Å². The summed E-state index contributed by atoms with van der Waals surface area (Å²) in [5.74, 6) is 0. The van der Waals surface area contributed by atoms with E-state index in [0.717, 1.165) is 22.4 Å². The normalized spacial score (nSPS) is 10.3. The van der Waals surface area contributed by atoms with Crippen molar-refractivity contribution in [3.63, 3.8) is 0 Å². The van der Waals surface area contributed by atoms with E-state index >= 15 is 0 Å². The van der Waals surface area contributed by atoms with E-state index in [1.54, 1.807) is 0 Å². The van der Waals surface area contributed by atoms with E-state index in [4.69, 9.17) is 0 Å². The van der Waals surface area contributed by atoms with E-state index in [-0.39, 0.29) is 0 Å². The molecule has 2 rings (SSSR count). The van der Waals surface area contributed by atoms with Crippen LogP contribution in [0.25, 0.3) is 0 Å². The molecule has 1 heterocycles. The third-order valence-electron chi connectivity index (χ3n) is 2.64. The molecule has 0 bridgehead atoms. The monoisotopic (exact) mass is 290 g/mol. The molecule has 88 valence electrons. The van der Waals surface area contributed by atoms with E-state index < -0.39 is 0 Å². The maximum absolute atomic E-state index is 4.25. The Morgan fingerprint density at radius 2 is 2.00 bits per heavy atom. The summed E-state index contributed by atoms with van der Waals surface area (Å²) < 4.78 is 1.15. The van der Waals surface area contributed by atoms with Crippen molar-refractivity contribution in [2.75, 3.05) is 5.32 Å². The van der Waals surface area contributed by atoms with Gasteiger partial charge in [-0.05, 0) is 43.2 Å². The molecule has 0 unspecified atom stereocenters. The second-order valence-corrected chi connectivity index (χ2v) is 4.98. The van der Waals surface area contributed by atoms with Crippen LogP contribution in [-0.4, -0.2) is 4.98 Å². The molecular weight excluding hydrogens is 276 g/mol. The first kappa shape index (κ1) is 12.1. The van der Waals surface area contributed by atoms with Crippen LogP contribution in [0.15, 0.2) is 41.0 Å². The average molecular weight is 291 g/mol. The molecular formula is C14H15BrN2. The van der Waals surface area contributed by atoms with Crippen LogP contribution in [0.5, 0.6) is 0 Å². The molecule has 0 radical (unpaired) electrons. The van der Waals surface area contributed by atoms with Crippen molar-refractivity contribution >= 4 is 21.6 Å². The second-order valence-electron chi connectivity index (χ2n) is 4.13. The molecule has 0 atom stereocenters. The highest BCUT2D eigenvalue weighted by atomic mass is 79.9. The highest BCUT2D eigenvalue weighted by Gasteiger charge is 1.98. The SMILES string of the molecule is Cc1ccc(NCc2ccc(C)c(Br)c2)cn1. The molecule has 2 nitrogen and oxygen atoms in total. The molecule has 0 fully saturated rings. The summed E-state index contributed by atoms with van der Waals surface area (Å²) in [6.07, 6.45) is 1.86. The predicted molar refractivity (Wildman–Crippen MR) is 75.2 cm³/mol. The van der Waals surface area contributed by atoms with Gasteiger partial charge in [0.2, 0.25) is 0 Å². The van der Waals surface area contributed by atoms with Crippen LogP contribution in [-0.2, 0) is 6.54 Å². The quantitative estimate of drug-likeness (QED) is 0.922. The van der Waals surface area contributed by atoms with Gasteiger partial charge in [0.05, 0.1) is 11.9 Å². The summed E-state index contributed by atoms with van der Waals surface area (Å²) in [4.78, 5) is 4.25. The molecule has 0 saturated carbocycles. The zero-order valence-electron chi connectivity index (χ0n) is 10.00. The Morgan fingerprint density at radius 1 is 1.18 bits per heavy atom. The van der Waals surface area contributed by atoms with Gasteiger partial charge in [-0.15, -0.1) is 0 Å². The van der Waals surface area contributed by atoms with Crippen molar-refractivity contribution < 1.29 is 0 Å². The Labute approximate surface area is 110 Å². The third-order valence-corrected chi connectivity index (χ3v) is 3.50. The zero-order valence-corrected chi connectivity index (χ0v) is 11.6. The van der Waals surface area contributed by atoms with E-state index in [9.17, 15) is 0 Å². The summed E-state index contributed by atoms with van der Waals surface area (Å²) in [6.45, 7) is 4.88. The average Bonchev–Trinajstić information content (AvgIpc) is 2.33. The lowest BCUT2D eigenvalue weighted by Crippen LogP contribution is -2.00. The van der Waals surface area contributed by atoms with Crippen molar-refractivity contribution in [1.29, 1.82) is 0 Å². The maximum Gasteiger partial charge on any atom is 0.0529 e. The van der Waals surface area contributed by atoms with Gasteiger partial charge in [0.1, 0.15) is 0 Å². The number of anilines is 1. The number of hydrogen-bond donors (Lipinski definition) is 1. The topological polar surface area (TPSA) is 24.9 Å². The predicted octanol–water partition coefficient (Wildman–Crippen LogP) is 4.07. The van der Waals surface area contributed by atoms with Crippen LogP contribution in [0.4, 0.5) is 5.69 Å². The Hall–Kier alpha value is -1.35. The van der Waals surface area contributed by atoms with Crippen molar-refractivity contribution in [1.82, 2.24) is 4.98 Å². The van der Waals surface area contributed by atoms with Crippen LogP contribution in [0.2, 0.25) is 0 Å². The van der Waals surface area contributed by atoms with Crippen LogP contribution in [0.3, 0.4) is 0 Å². The Kier molecular flexibility index (Phi) is 3.79. The Morgan fingerprint density at radius 3 is 2.65 bits per heavy atom. The number of aromatic nitrogens is 1. The minimum atomic E-state index is 0.809. The summed E-state index contributed by atoms with van der Waals surface area (Å²) in [5.41, 5.74) is 4.59. The van der Waals surface area contributed by atoms with Crippen molar-refractivity contribution in [3.8, 4) is 0 Å². The maximum atomic E-state index is 4.25. The zero-order chi connectivity index (χ0) is 12.3. The van der Waals surface area contributed by atoms with Gasteiger partial charge in [0.15, 0.2) is 0 Å². The van der Waals surface area contributed by atoms with Crippen LogP contribution < -0.4 is 5.32 Å². The van der Waals surface area contributed by atoms with Crippen molar-refractivity contribution in [3.05, 3.63) is 57.8 Å². The molecule has 0 aliphatic carbocycles. The number of benzene rings is 1. The van der Waals surface area contributed by atoms with Crippen LogP contribution in [0.1, 0.15) is 16.8 Å². The van der Waals surface area contributed by atoms with Gasteiger partial charge in [-0.25, -0.2) is 0 Å². The highest BCUT2D eigenvalue weighted by molar-refractivity contribution is 9.10. The number of nitrogens with zero attached hydrogens (tertiary/aromatic N) is 1. The van der Waals surface area contributed by atoms with Gasteiger partial charge in [0, 0.05) is 16.7 Å². The van der Waals surface area contributed by atoms with Crippen LogP contribution >= 0.6 is 15.9 Å². The first-order valence-corrected chi connectivity index (χ1v) is 6.36. The molecule has 0 amide bonds. The van der Waals surface area contributed by atoms with E-state index in [0.29, 0.717) is 0 Å². The van der Waals surface area contributed by atoms with Crippen molar-refractivity contribution in [2.45, 2.75) is 20.4 Å². The van der Waals surface area contributed by atoms with Gasteiger partial charge in [0.25, 0.3) is 0 Å². The number of rotatable bonds is 3. The summed E-state index contributed by atoms with van der Waals surface area (Å²) in [7, 11) is 0. The van der Waals surface area contributed by atoms with Gasteiger partial charge < -0.3 is 5.32 Å². The van der Waals surface area contributed by atoms with E-state index in [1.165, 1.54) is 11.1 Å². The summed E-state index contributed by atoms with van der Waals surface area (Å²) >= 11 is 3.54. The molecule has 0 saturated heterocycles. The lowest BCUT2D eigenvalue weighted by atomic mass is 10.1. The second kappa shape index (κ2) is 5.32. The standard InChI is InChI=1S/C14H15BrN2/c1-10-3-5-12(7-14(10)15)8-17-13-6-4-11(2)16-9-13/h3-7,9,17H,8H2,1-2H3. The number of hydrogen-bond acceptors (Lipinski definition) is 2. The lowest BCUT2D eigenvalue weighted by molar-refractivity contribution is 1.12. The number of aryl methyl sites for hydroxylation is 2. The Bertz CT molecular complexity index is 506. The molecule has 1 aromatic carbocycles. The fourth-order valence-corrected chi connectivity index (χ4v) is 1.95. The minimum Gasteiger partial charge on any atom is -0.380 e. The van der Waals surface area contributed by atoms with Crippen molar-refractivity contribution in [2.24, 2.45) is 0 Å². The number of nitrogens with one attached hydrogen (secondary N) is 1. The van der Waals surface area contributed by atoms with E-state index in [1.807, 2.05) is 25.3 Å². The first-order chi connectivity index (χ1) is 8.15.